The number of carbonyl (C=O) groups is 1. The van der Waals surface area contributed by atoms with Crippen LogP contribution in [-0.2, 0) is 4.79 Å². The number of carbonyl (C=O) groups excluding carboxylic acids is 1. The fraction of sp³-hybridized carbons (Fsp3) is 0.176. The Labute approximate surface area is 159 Å². The van der Waals surface area contributed by atoms with Crippen LogP contribution in [0.4, 0.5) is 5.69 Å². The molecular formula is C17H16ClN5O2S. The van der Waals surface area contributed by atoms with E-state index in [0.29, 0.717) is 22.5 Å². The molecule has 9 heteroatoms. The van der Waals surface area contributed by atoms with Gasteiger partial charge in [0, 0.05) is 10.7 Å². The number of benzene rings is 2. The van der Waals surface area contributed by atoms with Crippen molar-refractivity contribution in [3.05, 3.63) is 53.6 Å². The zero-order valence-electron chi connectivity index (χ0n) is 13.9. The Bertz CT molecular complexity index is 868. The molecule has 134 valence electrons. The number of tetrazole rings is 1. The summed E-state index contributed by atoms with van der Waals surface area (Å²) >= 11 is 7.08. The van der Waals surface area contributed by atoms with Gasteiger partial charge in [0.05, 0.1) is 18.0 Å². The molecule has 0 saturated carbocycles. The van der Waals surface area contributed by atoms with Gasteiger partial charge in [-0.15, -0.1) is 5.10 Å². The lowest BCUT2D eigenvalue weighted by Gasteiger charge is -2.07. The fourth-order valence-corrected chi connectivity index (χ4v) is 2.96. The molecule has 0 fully saturated rings. The lowest BCUT2D eigenvalue weighted by atomic mass is 10.3. The molecule has 0 aliphatic rings. The van der Waals surface area contributed by atoms with E-state index >= 15 is 0 Å². The molecule has 1 heterocycles. The maximum absolute atomic E-state index is 12.1. The van der Waals surface area contributed by atoms with Crippen molar-refractivity contribution in [2.24, 2.45) is 0 Å². The van der Waals surface area contributed by atoms with Crippen LogP contribution in [-0.4, -0.2) is 38.5 Å². The lowest BCUT2D eigenvalue weighted by Crippen LogP contribution is -2.14. The molecule has 26 heavy (non-hydrogen) atoms. The number of thioether (sulfide) groups is 1. The summed E-state index contributed by atoms with van der Waals surface area (Å²) in [5.74, 6) is 0.805. The first-order valence-corrected chi connectivity index (χ1v) is 9.22. The second-order valence-corrected chi connectivity index (χ2v) is 6.52. The largest absolute Gasteiger partial charge is 0.494 e. The van der Waals surface area contributed by atoms with Crippen LogP contribution in [0.5, 0.6) is 5.75 Å². The molecule has 1 amide bonds. The summed E-state index contributed by atoms with van der Waals surface area (Å²) in [5, 5.41) is 15.6. The standard InChI is InChI=1S/C17H16ClN5O2S/c1-2-25-15-9-7-14(8-10-15)23-17(20-21-22-23)26-11-16(24)19-13-5-3-12(18)4-6-13/h3-10H,2,11H2,1H3,(H,19,24). The number of amides is 1. The quantitative estimate of drug-likeness (QED) is 0.623. The van der Waals surface area contributed by atoms with Crippen molar-refractivity contribution >= 4 is 35.0 Å². The summed E-state index contributed by atoms with van der Waals surface area (Å²) in [6, 6.07) is 14.3. The van der Waals surface area contributed by atoms with Crippen LogP contribution in [0, 0.1) is 0 Å². The number of nitrogens with one attached hydrogen (secondary N) is 1. The molecule has 3 aromatic rings. The number of nitrogens with zero attached hydrogens (tertiary/aromatic N) is 4. The highest BCUT2D eigenvalue weighted by molar-refractivity contribution is 7.99. The van der Waals surface area contributed by atoms with Crippen LogP contribution in [0.25, 0.3) is 5.69 Å². The molecule has 1 N–H and O–H groups in total. The monoisotopic (exact) mass is 389 g/mol. The molecule has 0 aliphatic heterocycles. The topological polar surface area (TPSA) is 81.9 Å². The highest BCUT2D eigenvalue weighted by atomic mass is 35.5. The van der Waals surface area contributed by atoms with E-state index in [9.17, 15) is 4.79 Å². The van der Waals surface area contributed by atoms with Gasteiger partial charge in [-0.25, -0.2) is 0 Å². The van der Waals surface area contributed by atoms with E-state index < -0.39 is 0 Å². The van der Waals surface area contributed by atoms with E-state index in [1.807, 2.05) is 31.2 Å². The minimum Gasteiger partial charge on any atom is -0.494 e. The van der Waals surface area contributed by atoms with E-state index in [4.69, 9.17) is 16.3 Å². The predicted molar refractivity (Wildman–Crippen MR) is 101 cm³/mol. The molecule has 0 aliphatic carbocycles. The van der Waals surface area contributed by atoms with E-state index in [0.717, 1.165) is 11.4 Å². The maximum Gasteiger partial charge on any atom is 0.234 e. The molecule has 0 radical (unpaired) electrons. The number of halogens is 1. The summed E-state index contributed by atoms with van der Waals surface area (Å²) in [6.07, 6.45) is 0. The summed E-state index contributed by atoms with van der Waals surface area (Å²) in [6.45, 7) is 2.53. The third kappa shape index (κ3) is 4.74. The second-order valence-electron chi connectivity index (χ2n) is 5.14. The van der Waals surface area contributed by atoms with Crippen molar-refractivity contribution in [2.45, 2.75) is 12.1 Å². The van der Waals surface area contributed by atoms with Crippen molar-refractivity contribution < 1.29 is 9.53 Å². The second kappa shape index (κ2) is 8.68. The SMILES string of the molecule is CCOc1ccc(-n2nnnc2SCC(=O)Nc2ccc(Cl)cc2)cc1. The van der Waals surface area contributed by atoms with Crippen LogP contribution >= 0.6 is 23.4 Å². The Hall–Kier alpha value is -2.58. The average molecular weight is 390 g/mol. The molecule has 3 rings (SSSR count). The Morgan fingerprint density at radius 3 is 2.62 bits per heavy atom. The first-order chi connectivity index (χ1) is 12.7. The van der Waals surface area contributed by atoms with Crippen LogP contribution in [0.2, 0.25) is 5.02 Å². The third-order valence-electron chi connectivity index (χ3n) is 3.29. The average Bonchev–Trinajstić information content (AvgIpc) is 3.11. The summed E-state index contributed by atoms with van der Waals surface area (Å²) in [5.41, 5.74) is 1.48. The number of ether oxygens (including phenoxy) is 1. The highest BCUT2D eigenvalue weighted by Crippen LogP contribution is 2.21. The van der Waals surface area contributed by atoms with Crippen LogP contribution in [0.1, 0.15) is 6.92 Å². The molecule has 0 spiro atoms. The Kier molecular flexibility index (Phi) is 6.08. The van der Waals surface area contributed by atoms with Crippen molar-refractivity contribution in [3.63, 3.8) is 0 Å². The van der Waals surface area contributed by atoms with Gasteiger partial charge in [-0.1, -0.05) is 23.4 Å². The van der Waals surface area contributed by atoms with Gasteiger partial charge in [-0.05, 0) is 65.9 Å². The van der Waals surface area contributed by atoms with Crippen molar-refractivity contribution in [3.8, 4) is 11.4 Å². The third-order valence-corrected chi connectivity index (χ3v) is 4.46. The first-order valence-electron chi connectivity index (χ1n) is 7.85. The molecular weight excluding hydrogens is 374 g/mol. The molecule has 0 atom stereocenters. The van der Waals surface area contributed by atoms with Crippen LogP contribution in [0.3, 0.4) is 0 Å². The molecule has 0 unspecified atom stereocenters. The van der Waals surface area contributed by atoms with Gasteiger partial charge in [0.1, 0.15) is 5.75 Å². The smallest absolute Gasteiger partial charge is 0.234 e. The number of hydrogen-bond acceptors (Lipinski definition) is 6. The van der Waals surface area contributed by atoms with Gasteiger partial charge in [-0.3, -0.25) is 4.79 Å². The van der Waals surface area contributed by atoms with E-state index in [2.05, 4.69) is 20.8 Å². The van der Waals surface area contributed by atoms with E-state index in [-0.39, 0.29) is 11.7 Å². The van der Waals surface area contributed by atoms with Crippen LogP contribution < -0.4 is 10.1 Å². The number of aromatic nitrogens is 4. The minimum absolute atomic E-state index is 0.154. The zero-order valence-corrected chi connectivity index (χ0v) is 15.5. The zero-order chi connectivity index (χ0) is 18.4. The molecule has 2 aromatic carbocycles. The predicted octanol–water partition coefficient (Wildman–Crippen LogP) is 3.45. The normalized spacial score (nSPS) is 10.5. The Morgan fingerprint density at radius 1 is 1.19 bits per heavy atom. The van der Waals surface area contributed by atoms with Gasteiger partial charge in [0.15, 0.2) is 0 Å². The molecule has 0 saturated heterocycles. The lowest BCUT2D eigenvalue weighted by molar-refractivity contribution is -0.113. The summed E-state index contributed by atoms with van der Waals surface area (Å²) in [7, 11) is 0. The Balaban J connectivity index is 1.61. The number of anilines is 1. The number of hydrogen-bond donors (Lipinski definition) is 1. The van der Waals surface area contributed by atoms with Crippen molar-refractivity contribution in [1.82, 2.24) is 20.2 Å². The van der Waals surface area contributed by atoms with Crippen LogP contribution in [0.15, 0.2) is 53.7 Å². The van der Waals surface area contributed by atoms with Gasteiger partial charge in [0.25, 0.3) is 0 Å². The van der Waals surface area contributed by atoms with Gasteiger partial charge >= 0.3 is 0 Å². The summed E-state index contributed by atoms with van der Waals surface area (Å²) in [4.78, 5) is 12.1. The minimum atomic E-state index is -0.154. The van der Waals surface area contributed by atoms with Crippen molar-refractivity contribution in [2.75, 3.05) is 17.7 Å². The highest BCUT2D eigenvalue weighted by Gasteiger charge is 2.12. The van der Waals surface area contributed by atoms with E-state index in [1.54, 1.807) is 28.9 Å². The van der Waals surface area contributed by atoms with Gasteiger partial charge < -0.3 is 10.1 Å². The fourth-order valence-electron chi connectivity index (χ4n) is 2.14. The Morgan fingerprint density at radius 2 is 1.92 bits per heavy atom. The van der Waals surface area contributed by atoms with Crippen molar-refractivity contribution in [1.29, 1.82) is 0 Å². The van der Waals surface area contributed by atoms with Gasteiger partial charge in [-0.2, -0.15) is 4.68 Å². The summed E-state index contributed by atoms with van der Waals surface area (Å²) < 4.78 is 7.00. The van der Waals surface area contributed by atoms with E-state index in [1.165, 1.54) is 11.8 Å². The van der Waals surface area contributed by atoms with Gasteiger partial charge in [0.2, 0.25) is 11.1 Å². The molecule has 1 aromatic heterocycles. The number of rotatable bonds is 7. The first kappa shape index (κ1) is 18.2. The maximum atomic E-state index is 12.1. The molecule has 0 bridgehead atoms. The molecule has 7 nitrogen and oxygen atoms in total.